The van der Waals surface area contributed by atoms with Gasteiger partial charge < -0.3 is 4.90 Å². The van der Waals surface area contributed by atoms with E-state index >= 15 is 0 Å². The van der Waals surface area contributed by atoms with Crippen LogP contribution in [0.2, 0.25) is 0 Å². The van der Waals surface area contributed by atoms with E-state index in [-0.39, 0.29) is 0 Å². The molecule has 3 aromatic carbocycles. The summed E-state index contributed by atoms with van der Waals surface area (Å²) in [6.45, 7) is 0. The molecule has 1 aliphatic rings. The first-order valence-corrected chi connectivity index (χ1v) is 7.84. The Morgan fingerprint density at radius 2 is 1.62 bits per heavy atom. The summed E-state index contributed by atoms with van der Waals surface area (Å²) in [5.74, 6) is 0. The number of hydrogen-bond acceptors (Lipinski definition) is 2. The molecule has 2 heteroatoms. The highest BCUT2D eigenvalue weighted by Gasteiger charge is 2.20. The number of hydrogen-bond donors (Lipinski definition) is 0. The topological polar surface area (TPSA) is 3.24 Å². The van der Waals surface area contributed by atoms with Crippen LogP contribution in [0.3, 0.4) is 0 Å². The molecular weight excluding hydrogens is 274 g/mol. The average molecular weight is 289 g/mol. The molecule has 0 saturated carbocycles. The van der Waals surface area contributed by atoms with Crippen LogP contribution in [0.1, 0.15) is 5.56 Å². The summed E-state index contributed by atoms with van der Waals surface area (Å²) in [5, 5.41) is 3.84. The lowest BCUT2D eigenvalue weighted by Crippen LogP contribution is -2.09. The molecule has 0 amide bonds. The highest BCUT2D eigenvalue weighted by Crippen LogP contribution is 2.45. The lowest BCUT2D eigenvalue weighted by atomic mass is 10.1. The highest BCUT2D eigenvalue weighted by atomic mass is 32.2. The minimum Gasteiger partial charge on any atom is -0.338 e. The third kappa shape index (κ3) is 2.22. The normalized spacial score (nSPS) is 15.7. The lowest BCUT2D eigenvalue weighted by molar-refractivity contribution is 1.18. The molecule has 1 aliphatic heterocycles. The Hall–Kier alpha value is -2.19. The Balaban J connectivity index is 1.74. The first-order valence-electron chi connectivity index (χ1n) is 7.02. The van der Waals surface area contributed by atoms with E-state index in [9.17, 15) is 0 Å². The first-order chi connectivity index (χ1) is 10.3. The fourth-order valence-electron chi connectivity index (χ4n) is 2.69. The molecule has 0 aromatic heterocycles. The summed E-state index contributed by atoms with van der Waals surface area (Å²) >= 11 is 1.83. The fourth-order valence-corrected chi connectivity index (χ4v) is 3.80. The van der Waals surface area contributed by atoms with Crippen molar-refractivity contribution < 1.29 is 0 Å². The lowest BCUT2D eigenvalue weighted by Gasteiger charge is -2.13. The predicted octanol–water partition coefficient (Wildman–Crippen LogP) is 5.38. The summed E-state index contributed by atoms with van der Waals surface area (Å²) in [7, 11) is 2.13. The van der Waals surface area contributed by atoms with Gasteiger partial charge in [0.25, 0.3) is 0 Å². The summed E-state index contributed by atoms with van der Waals surface area (Å²) in [6, 6.07) is 23.6. The first kappa shape index (κ1) is 12.5. The van der Waals surface area contributed by atoms with Gasteiger partial charge in [0.1, 0.15) is 0 Å². The molecule has 21 heavy (non-hydrogen) atoms. The molecule has 0 saturated heterocycles. The van der Waals surface area contributed by atoms with E-state index in [2.05, 4.69) is 84.8 Å². The number of rotatable bonds is 1. The van der Waals surface area contributed by atoms with Crippen molar-refractivity contribution in [2.45, 2.75) is 4.90 Å². The second kappa shape index (κ2) is 4.97. The monoisotopic (exact) mass is 289 g/mol. The number of para-hydroxylation sites is 1. The third-order valence-electron chi connectivity index (χ3n) is 3.84. The molecule has 0 unspecified atom stereocenters. The van der Waals surface area contributed by atoms with Crippen LogP contribution < -0.4 is 4.90 Å². The Bertz CT molecular complexity index is 851. The Morgan fingerprint density at radius 3 is 2.48 bits per heavy atom. The number of fused-ring (bicyclic) bond motifs is 2. The van der Waals surface area contributed by atoms with Crippen LogP contribution in [0.4, 0.5) is 5.69 Å². The van der Waals surface area contributed by atoms with Crippen LogP contribution in [-0.2, 0) is 0 Å². The quantitative estimate of drug-likeness (QED) is 0.591. The van der Waals surface area contributed by atoms with Crippen molar-refractivity contribution in [3.63, 3.8) is 0 Å². The molecule has 0 bridgehead atoms. The number of benzene rings is 3. The molecule has 1 heterocycles. The molecule has 4 rings (SSSR count). The van der Waals surface area contributed by atoms with Crippen LogP contribution in [-0.4, -0.2) is 7.05 Å². The summed E-state index contributed by atoms with van der Waals surface area (Å²) in [5.41, 5.74) is 2.53. The van der Waals surface area contributed by atoms with Crippen molar-refractivity contribution in [3.8, 4) is 0 Å². The van der Waals surface area contributed by atoms with Gasteiger partial charge in [-0.2, -0.15) is 0 Å². The zero-order valence-corrected chi connectivity index (χ0v) is 12.6. The van der Waals surface area contributed by atoms with E-state index < -0.39 is 0 Å². The molecule has 0 spiro atoms. The van der Waals surface area contributed by atoms with Crippen LogP contribution in [0.15, 0.2) is 76.7 Å². The molecule has 0 N–H and O–H groups in total. The Kier molecular flexibility index (Phi) is 2.97. The molecule has 1 nitrogen and oxygen atoms in total. The summed E-state index contributed by atoms with van der Waals surface area (Å²) < 4.78 is 0. The Morgan fingerprint density at radius 1 is 0.857 bits per heavy atom. The predicted molar refractivity (Wildman–Crippen MR) is 92.6 cm³/mol. The zero-order chi connectivity index (χ0) is 14.2. The average Bonchev–Trinajstić information content (AvgIpc) is 2.84. The maximum Gasteiger partial charge on any atom is 0.0804 e. The number of anilines is 1. The largest absolute Gasteiger partial charge is 0.338 e. The standard InChI is InChI=1S/C19H15NS/c1-20-17-8-4-5-9-18(17)21-19(20)13-14-10-11-15-6-2-3-7-16(15)12-14/h2-13H,1H3. The van der Waals surface area contributed by atoms with Crippen LogP contribution in [0.25, 0.3) is 16.8 Å². The third-order valence-corrected chi connectivity index (χ3v) is 5.00. The minimum absolute atomic E-state index is 1.25. The van der Waals surface area contributed by atoms with Crippen molar-refractivity contribution in [2.75, 3.05) is 11.9 Å². The van der Waals surface area contributed by atoms with Crippen LogP contribution in [0.5, 0.6) is 0 Å². The van der Waals surface area contributed by atoms with Crippen molar-refractivity contribution >= 4 is 34.3 Å². The van der Waals surface area contributed by atoms with Crippen LogP contribution >= 0.6 is 11.8 Å². The smallest absolute Gasteiger partial charge is 0.0804 e. The molecular formula is C19H15NS. The zero-order valence-electron chi connectivity index (χ0n) is 11.8. The van der Waals surface area contributed by atoms with Gasteiger partial charge in [-0.25, -0.2) is 0 Å². The van der Waals surface area contributed by atoms with Gasteiger partial charge in [-0.05, 0) is 40.6 Å². The van der Waals surface area contributed by atoms with Gasteiger partial charge in [0.05, 0.1) is 10.7 Å². The van der Waals surface area contributed by atoms with Crippen molar-refractivity contribution in [1.82, 2.24) is 0 Å². The van der Waals surface area contributed by atoms with E-state index in [1.165, 1.54) is 31.9 Å². The molecule has 0 fully saturated rings. The van der Waals surface area contributed by atoms with E-state index in [0.29, 0.717) is 0 Å². The maximum atomic E-state index is 2.26. The van der Waals surface area contributed by atoms with Crippen LogP contribution in [0, 0.1) is 0 Å². The van der Waals surface area contributed by atoms with E-state index in [1.54, 1.807) is 0 Å². The molecule has 102 valence electrons. The number of thioether (sulfide) groups is 1. The molecule has 0 aliphatic carbocycles. The SMILES string of the molecule is CN1C(=Cc2ccc3ccccc3c2)Sc2ccccc21. The maximum absolute atomic E-state index is 2.26. The molecule has 0 atom stereocenters. The van der Waals surface area contributed by atoms with Gasteiger partial charge in [-0.15, -0.1) is 0 Å². The van der Waals surface area contributed by atoms with Gasteiger partial charge >= 0.3 is 0 Å². The van der Waals surface area contributed by atoms with Gasteiger partial charge in [0.2, 0.25) is 0 Å². The van der Waals surface area contributed by atoms with Crippen molar-refractivity contribution in [3.05, 3.63) is 77.3 Å². The number of nitrogens with zero attached hydrogens (tertiary/aromatic N) is 1. The fraction of sp³-hybridized carbons (Fsp3) is 0.0526. The van der Waals surface area contributed by atoms with Gasteiger partial charge in [0.15, 0.2) is 0 Å². The van der Waals surface area contributed by atoms with E-state index in [4.69, 9.17) is 0 Å². The van der Waals surface area contributed by atoms with Crippen molar-refractivity contribution in [2.24, 2.45) is 0 Å². The summed E-state index contributed by atoms with van der Waals surface area (Å²) in [6.07, 6.45) is 2.26. The van der Waals surface area contributed by atoms with E-state index in [1.807, 2.05) is 11.8 Å². The second-order valence-electron chi connectivity index (χ2n) is 5.22. The van der Waals surface area contributed by atoms with E-state index in [0.717, 1.165) is 0 Å². The minimum atomic E-state index is 1.25. The second-order valence-corrected chi connectivity index (χ2v) is 6.28. The van der Waals surface area contributed by atoms with Gasteiger partial charge in [0, 0.05) is 11.9 Å². The van der Waals surface area contributed by atoms with Gasteiger partial charge in [-0.3, -0.25) is 0 Å². The van der Waals surface area contributed by atoms with Crippen molar-refractivity contribution in [1.29, 1.82) is 0 Å². The summed E-state index contributed by atoms with van der Waals surface area (Å²) in [4.78, 5) is 3.59. The molecule has 3 aromatic rings. The Labute approximate surface area is 128 Å². The highest BCUT2D eigenvalue weighted by molar-refractivity contribution is 8.03. The molecule has 0 radical (unpaired) electrons. The van der Waals surface area contributed by atoms with Gasteiger partial charge in [-0.1, -0.05) is 60.3 Å².